The highest BCUT2D eigenvalue weighted by atomic mass is 16.2. The minimum absolute atomic E-state index is 0.0687. The van der Waals surface area contributed by atoms with Crippen molar-refractivity contribution < 1.29 is 9.59 Å². The van der Waals surface area contributed by atoms with Crippen LogP contribution in [0.2, 0.25) is 0 Å². The molecule has 0 radical (unpaired) electrons. The number of nitrogens with two attached hydrogens (primary N) is 1. The molecule has 0 unspecified atom stereocenters. The predicted molar refractivity (Wildman–Crippen MR) is 113 cm³/mol. The lowest BCUT2D eigenvalue weighted by atomic mass is 10.0. The topological polar surface area (TPSA) is 110 Å². The maximum atomic E-state index is 12.5. The Morgan fingerprint density at radius 3 is 2.69 bits per heavy atom. The molecule has 1 fully saturated rings. The fourth-order valence-corrected chi connectivity index (χ4v) is 3.54. The van der Waals surface area contributed by atoms with E-state index in [4.69, 9.17) is 5.73 Å². The first-order valence-corrected chi connectivity index (χ1v) is 9.68. The van der Waals surface area contributed by atoms with Gasteiger partial charge in [-0.3, -0.25) is 9.59 Å². The first-order valence-electron chi connectivity index (χ1n) is 9.68. The second kappa shape index (κ2) is 7.50. The van der Waals surface area contributed by atoms with E-state index in [1.807, 2.05) is 44.2 Å². The van der Waals surface area contributed by atoms with Crippen molar-refractivity contribution in [2.75, 3.05) is 17.6 Å². The van der Waals surface area contributed by atoms with E-state index in [0.717, 1.165) is 27.6 Å². The summed E-state index contributed by atoms with van der Waals surface area (Å²) in [7, 11) is 0. The molecule has 7 heteroatoms. The van der Waals surface area contributed by atoms with Gasteiger partial charge in [0.2, 0.25) is 11.8 Å². The minimum atomic E-state index is -0.302. The molecule has 7 nitrogen and oxygen atoms in total. The van der Waals surface area contributed by atoms with Crippen molar-refractivity contribution in [3.05, 3.63) is 48.2 Å². The van der Waals surface area contributed by atoms with Crippen LogP contribution in [-0.2, 0) is 9.59 Å². The van der Waals surface area contributed by atoms with Gasteiger partial charge in [-0.15, -0.1) is 0 Å². The largest absolute Gasteiger partial charge is 0.383 e. The Bertz CT molecular complexity index is 1110. The smallest absolute Gasteiger partial charge is 0.229 e. The fourth-order valence-electron chi connectivity index (χ4n) is 3.54. The first kappa shape index (κ1) is 18.9. The number of carbonyl (C=O) groups is 2. The van der Waals surface area contributed by atoms with Gasteiger partial charge in [-0.2, -0.15) is 0 Å². The van der Waals surface area contributed by atoms with Crippen LogP contribution in [0, 0.1) is 18.8 Å². The Morgan fingerprint density at radius 1 is 1.17 bits per heavy atom. The SMILES string of the molecule is CCNC(=O)[C@@H]1C[C@@H]1C(=O)Nc1cc2cc(-c3ccccc3C)nc(N)c2cn1. The second-order valence-corrected chi connectivity index (χ2v) is 7.33. The molecule has 4 rings (SSSR count). The third kappa shape index (κ3) is 3.76. The van der Waals surface area contributed by atoms with Gasteiger partial charge in [0, 0.05) is 23.7 Å². The van der Waals surface area contributed by atoms with Crippen LogP contribution in [-0.4, -0.2) is 28.3 Å². The number of nitrogens with one attached hydrogen (secondary N) is 2. The molecule has 0 spiro atoms. The summed E-state index contributed by atoms with van der Waals surface area (Å²) in [5, 5.41) is 7.15. The number of carbonyl (C=O) groups excluding carboxylic acids is 2. The van der Waals surface area contributed by atoms with E-state index in [2.05, 4.69) is 20.6 Å². The van der Waals surface area contributed by atoms with Gasteiger partial charge < -0.3 is 16.4 Å². The third-order valence-electron chi connectivity index (χ3n) is 5.23. The Hall–Kier alpha value is -3.48. The zero-order valence-electron chi connectivity index (χ0n) is 16.4. The molecule has 0 aliphatic heterocycles. The van der Waals surface area contributed by atoms with Crippen molar-refractivity contribution in [3.8, 4) is 11.3 Å². The van der Waals surface area contributed by atoms with Gasteiger partial charge in [0.05, 0.1) is 17.5 Å². The fraction of sp³-hybridized carbons (Fsp3) is 0.273. The van der Waals surface area contributed by atoms with E-state index in [1.54, 1.807) is 12.3 Å². The normalized spacial score (nSPS) is 17.7. The number of amides is 2. The van der Waals surface area contributed by atoms with E-state index in [0.29, 0.717) is 24.6 Å². The molecule has 2 heterocycles. The number of rotatable bonds is 5. The van der Waals surface area contributed by atoms with E-state index in [-0.39, 0.29) is 23.7 Å². The van der Waals surface area contributed by atoms with Gasteiger partial charge in [0.25, 0.3) is 0 Å². The number of aryl methyl sites for hydroxylation is 1. The van der Waals surface area contributed by atoms with Gasteiger partial charge in [0.15, 0.2) is 0 Å². The highest BCUT2D eigenvalue weighted by Gasteiger charge is 2.47. The van der Waals surface area contributed by atoms with Crippen molar-refractivity contribution in [1.82, 2.24) is 15.3 Å². The van der Waals surface area contributed by atoms with E-state index < -0.39 is 0 Å². The Morgan fingerprint density at radius 2 is 1.93 bits per heavy atom. The Kier molecular flexibility index (Phi) is 4.88. The molecule has 0 bridgehead atoms. The predicted octanol–water partition coefficient (Wildman–Crippen LogP) is 2.90. The number of pyridine rings is 2. The zero-order chi connectivity index (χ0) is 20.5. The van der Waals surface area contributed by atoms with Crippen LogP contribution in [0.3, 0.4) is 0 Å². The van der Waals surface area contributed by atoms with Crippen molar-refractivity contribution in [3.63, 3.8) is 0 Å². The average molecular weight is 389 g/mol. The maximum Gasteiger partial charge on any atom is 0.229 e. The lowest BCUT2D eigenvalue weighted by Gasteiger charge is -2.10. The highest BCUT2D eigenvalue weighted by Crippen LogP contribution is 2.39. The summed E-state index contributed by atoms with van der Waals surface area (Å²) in [4.78, 5) is 33.1. The summed E-state index contributed by atoms with van der Waals surface area (Å²) in [5.74, 6) is 0.0251. The highest BCUT2D eigenvalue weighted by molar-refractivity contribution is 6.01. The summed E-state index contributed by atoms with van der Waals surface area (Å²) >= 11 is 0. The Balaban J connectivity index is 1.58. The van der Waals surface area contributed by atoms with Gasteiger partial charge in [-0.25, -0.2) is 9.97 Å². The second-order valence-electron chi connectivity index (χ2n) is 7.33. The Labute approximate surface area is 168 Å². The van der Waals surface area contributed by atoms with E-state index >= 15 is 0 Å². The average Bonchev–Trinajstić information content (AvgIpc) is 3.49. The molecule has 3 aromatic rings. The van der Waals surface area contributed by atoms with Crippen LogP contribution in [0.15, 0.2) is 42.6 Å². The van der Waals surface area contributed by atoms with Gasteiger partial charge in [0.1, 0.15) is 11.6 Å². The van der Waals surface area contributed by atoms with E-state index in [1.165, 1.54) is 0 Å². The molecule has 2 aromatic heterocycles. The van der Waals surface area contributed by atoms with Gasteiger partial charge in [-0.1, -0.05) is 24.3 Å². The minimum Gasteiger partial charge on any atom is -0.383 e. The maximum absolute atomic E-state index is 12.5. The number of hydrogen-bond donors (Lipinski definition) is 3. The molecule has 1 aliphatic rings. The standard InChI is InChI=1S/C22H23N5O2/c1-3-24-21(28)15-10-16(15)22(29)27-19-9-13-8-18(14-7-5-4-6-12(14)2)26-20(23)17(13)11-25-19/h4-9,11,15-16H,3,10H2,1-2H3,(H2,23,26)(H,24,28)(H,25,27,29)/t15-,16+/m1/s1. The van der Waals surface area contributed by atoms with Gasteiger partial charge in [-0.05, 0) is 43.4 Å². The molecule has 2 amide bonds. The monoisotopic (exact) mass is 389 g/mol. The van der Waals surface area contributed by atoms with Crippen LogP contribution in [0.4, 0.5) is 11.6 Å². The number of aromatic nitrogens is 2. The first-order chi connectivity index (χ1) is 14.0. The number of anilines is 2. The molecule has 148 valence electrons. The summed E-state index contributed by atoms with van der Waals surface area (Å²) in [6, 6.07) is 11.7. The van der Waals surface area contributed by atoms with Gasteiger partial charge >= 0.3 is 0 Å². The van der Waals surface area contributed by atoms with Crippen molar-refractivity contribution >= 4 is 34.2 Å². The molecular weight excluding hydrogens is 366 g/mol. The molecule has 4 N–H and O–H groups in total. The lowest BCUT2D eigenvalue weighted by molar-refractivity contribution is -0.125. The molecule has 1 aromatic carbocycles. The van der Waals surface area contributed by atoms with Crippen LogP contribution in [0.5, 0.6) is 0 Å². The number of fused-ring (bicyclic) bond motifs is 1. The summed E-state index contributed by atoms with van der Waals surface area (Å²) < 4.78 is 0. The third-order valence-corrected chi connectivity index (χ3v) is 5.23. The number of nitrogen functional groups attached to an aromatic ring is 1. The molecule has 2 atom stereocenters. The van der Waals surface area contributed by atoms with Crippen molar-refractivity contribution in [2.45, 2.75) is 20.3 Å². The van der Waals surface area contributed by atoms with Crippen LogP contribution in [0.25, 0.3) is 22.0 Å². The van der Waals surface area contributed by atoms with Crippen molar-refractivity contribution in [2.24, 2.45) is 11.8 Å². The molecule has 29 heavy (non-hydrogen) atoms. The zero-order valence-corrected chi connectivity index (χ0v) is 16.4. The number of nitrogens with zero attached hydrogens (tertiary/aromatic N) is 2. The number of hydrogen-bond acceptors (Lipinski definition) is 5. The lowest BCUT2D eigenvalue weighted by Crippen LogP contribution is -2.27. The van der Waals surface area contributed by atoms with Crippen LogP contribution in [0.1, 0.15) is 18.9 Å². The summed E-state index contributed by atoms with van der Waals surface area (Å²) in [6.45, 7) is 4.45. The van der Waals surface area contributed by atoms with E-state index in [9.17, 15) is 9.59 Å². The molecular formula is C22H23N5O2. The van der Waals surface area contributed by atoms with Crippen LogP contribution >= 0.6 is 0 Å². The van der Waals surface area contributed by atoms with Crippen LogP contribution < -0.4 is 16.4 Å². The quantitative estimate of drug-likeness (QED) is 0.621. The number of benzene rings is 1. The van der Waals surface area contributed by atoms with Crippen molar-refractivity contribution in [1.29, 1.82) is 0 Å². The summed E-state index contributed by atoms with van der Waals surface area (Å²) in [6.07, 6.45) is 2.18. The molecule has 0 saturated heterocycles. The molecule has 1 aliphatic carbocycles. The molecule has 1 saturated carbocycles. The summed E-state index contributed by atoms with van der Waals surface area (Å²) in [5.41, 5.74) is 9.03.